The van der Waals surface area contributed by atoms with Crippen LogP contribution in [0.25, 0.3) is 0 Å². The Morgan fingerprint density at radius 1 is 1.46 bits per heavy atom. The van der Waals surface area contributed by atoms with Crippen molar-refractivity contribution in [2.45, 2.75) is 19.8 Å². The Labute approximate surface area is 76.5 Å². The van der Waals surface area contributed by atoms with Crippen LogP contribution in [0.3, 0.4) is 0 Å². The lowest BCUT2D eigenvalue weighted by Crippen LogP contribution is -2.14. The molecule has 1 aliphatic carbocycles. The van der Waals surface area contributed by atoms with Crippen LogP contribution in [0, 0.1) is 5.92 Å². The first kappa shape index (κ1) is 8.23. The maximum absolute atomic E-state index is 11.1. The highest BCUT2D eigenvalue weighted by molar-refractivity contribution is 5.94. The number of carbonyl (C=O) groups is 2. The van der Waals surface area contributed by atoms with Crippen LogP contribution in [-0.4, -0.2) is 11.7 Å². The highest BCUT2D eigenvalue weighted by Gasteiger charge is 2.29. The fraction of sp³-hybridized carbons (Fsp3) is 0.400. The third-order valence-corrected chi connectivity index (χ3v) is 2.54. The molecule has 0 spiro atoms. The molecule has 1 fully saturated rings. The van der Waals surface area contributed by atoms with Crippen LogP contribution in [0.5, 0.6) is 0 Å². The minimum atomic E-state index is 0.0643. The summed E-state index contributed by atoms with van der Waals surface area (Å²) >= 11 is 0. The van der Waals surface area contributed by atoms with E-state index in [-0.39, 0.29) is 17.6 Å². The van der Waals surface area contributed by atoms with Crippen LogP contribution >= 0.6 is 0 Å². The van der Waals surface area contributed by atoms with Gasteiger partial charge in [-0.2, -0.15) is 0 Å². The van der Waals surface area contributed by atoms with E-state index in [0.29, 0.717) is 12.8 Å². The van der Waals surface area contributed by atoms with E-state index in [4.69, 9.17) is 0 Å². The third-order valence-electron chi connectivity index (χ3n) is 2.54. The van der Waals surface area contributed by atoms with Crippen molar-refractivity contribution in [2.24, 2.45) is 5.92 Å². The Morgan fingerprint density at radius 3 is 2.92 bits per heavy atom. The van der Waals surface area contributed by atoms with Crippen LogP contribution in [-0.2, 0) is 9.59 Å². The Balaban J connectivity index is 2.22. The lowest BCUT2D eigenvalue weighted by atomic mass is 9.90. The SMILES string of the molecule is CC(=O)C1=CC=C2NC(=O)CC2C1. The number of allylic oxidation sites excluding steroid dienone is 4. The molecule has 0 saturated carbocycles. The zero-order chi connectivity index (χ0) is 9.42. The number of nitrogens with one attached hydrogen (secondary N) is 1. The van der Waals surface area contributed by atoms with Crippen LogP contribution in [0.4, 0.5) is 0 Å². The van der Waals surface area contributed by atoms with Crippen molar-refractivity contribution in [3.8, 4) is 0 Å². The van der Waals surface area contributed by atoms with Crippen LogP contribution in [0.2, 0.25) is 0 Å². The largest absolute Gasteiger partial charge is 0.329 e. The molecule has 2 rings (SSSR count). The van der Waals surface area contributed by atoms with Crippen molar-refractivity contribution >= 4 is 11.7 Å². The van der Waals surface area contributed by atoms with Gasteiger partial charge in [-0.3, -0.25) is 9.59 Å². The Kier molecular flexibility index (Phi) is 1.79. The molecule has 0 radical (unpaired) electrons. The molecule has 0 aromatic carbocycles. The van der Waals surface area contributed by atoms with Crippen molar-refractivity contribution in [3.63, 3.8) is 0 Å². The summed E-state index contributed by atoms with van der Waals surface area (Å²) in [5.41, 5.74) is 1.79. The van der Waals surface area contributed by atoms with Gasteiger partial charge >= 0.3 is 0 Å². The van der Waals surface area contributed by atoms with E-state index in [2.05, 4.69) is 5.32 Å². The predicted molar refractivity (Wildman–Crippen MR) is 47.7 cm³/mol. The first-order valence-electron chi connectivity index (χ1n) is 4.38. The number of carbonyl (C=O) groups excluding carboxylic acids is 2. The predicted octanol–water partition coefficient (Wildman–Crippen LogP) is 0.925. The van der Waals surface area contributed by atoms with Gasteiger partial charge in [0.05, 0.1) is 0 Å². The van der Waals surface area contributed by atoms with Crippen LogP contribution in [0.15, 0.2) is 23.4 Å². The molecule has 1 N–H and O–H groups in total. The first-order chi connectivity index (χ1) is 6.16. The number of hydrogen-bond acceptors (Lipinski definition) is 2. The molecule has 1 heterocycles. The van der Waals surface area contributed by atoms with E-state index in [0.717, 1.165) is 11.3 Å². The van der Waals surface area contributed by atoms with E-state index >= 15 is 0 Å². The molecule has 0 bridgehead atoms. The molecule has 68 valence electrons. The quantitative estimate of drug-likeness (QED) is 0.647. The van der Waals surface area contributed by atoms with Gasteiger partial charge in [-0.05, 0) is 25.0 Å². The van der Waals surface area contributed by atoms with E-state index < -0.39 is 0 Å². The van der Waals surface area contributed by atoms with E-state index in [1.165, 1.54) is 0 Å². The highest BCUT2D eigenvalue weighted by atomic mass is 16.2. The molecule has 0 aromatic heterocycles. The number of fused-ring (bicyclic) bond motifs is 1. The zero-order valence-corrected chi connectivity index (χ0v) is 7.46. The average molecular weight is 177 g/mol. The molecule has 1 atom stereocenters. The summed E-state index contributed by atoms with van der Waals surface area (Å²) in [5, 5.41) is 2.78. The maximum Gasteiger partial charge on any atom is 0.224 e. The summed E-state index contributed by atoms with van der Waals surface area (Å²) < 4.78 is 0. The molecule has 1 unspecified atom stereocenters. The molecule has 3 heteroatoms. The van der Waals surface area contributed by atoms with Crippen molar-refractivity contribution in [1.29, 1.82) is 0 Å². The van der Waals surface area contributed by atoms with Gasteiger partial charge in [0.1, 0.15) is 0 Å². The minimum Gasteiger partial charge on any atom is -0.329 e. The highest BCUT2D eigenvalue weighted by Crippen LogP contribution is 2.30. The summed E-state index contributed by atoms with van der Waals surface area (Å²) in [6.45, 7) is 1.56. The third kappa shape index (κ3) is 1.41. The number of hydrogen-bond donors (Lipinski definition) is 1. The Hall–Kier alpha value is -1.38. The van der Waals surface area contributed by atoms with Gasteiger partial charge < -0.3 is 5.32 Å². The lowest BCUT2D eigenvalue weighted by Gasteiger charge is -2.15. The molecule has 13 heavy (non-hydrogen) atoms. The van der Waals surface area contributed by atoms with E-state index in [1.807, 2.05) is 6.08 Å². The monoisotopic (exact) mass is 177 g/mol. The second-order valence-electron chi connectivity index (χ2n) is 3.52. The van der Waals surface area contributed by atoms with E-state index in [9.17, 15) is 9.59 Å². The number of rotatable bonds is 1. The van der Waals surface area contributed by atoms with Gasteiger partial charge in [-0.1, -0.05) is 6.08 Å². The molecular formula is C10H11NO2. The molecule has 2 aliphatic rings. The van der Waals surface area contributed by atoms with Gasteiger partial charge in [-0.15, -0.1) is 0 Å². The van der Waals surface area contributed by atoms with Crippen molar-refractivity contribution < 1.29 is 9.59 Å². The molecule has 3 nitrogen and oxygen atoms in total. The second-order valence-corrected chi connectivity index (χ2v) is 3.52. The molecule has 0 aromatic rings. The summed E-state index contributed by atoms with van der Waals surface area (Å²) in [6, 6.07) is 0. The van der Waals surface area contributed by atoms with Crippen LogP contribution in [0.1, 0.15) is 19.8 Å². The second kappa shape index (κ2) is 2.83. The average Bonchev–Trinajstić information content (AvgIpc) is 2.42. The van der Waals surface area contributed by atoms with Gasteiger partial charge in [0.25, 0.3) is 0 Å². The number of amides is 1. The first-order valence-corrected chi connectivity index (χ1v) is 4.38. The van der Waals surface area contributed by atoms with Crippen molar-refractivity contribution in [1.82, 2.24) is 5.32 Å². The van der Waals surface area contributed by atoms with Gasteiger partial charge in [-0.25, -0.2) is 0 Å². The molecule has 1 saturated heterocycles. The zero-order valence-electron chi connectivity index (χ0n) is 7.46. The standard InChI is InChI=1S/C10H11NO2/c1-6(12)7-2-3-9-8(4-7)5-10(13)11-9/h2-3,8H,4-5H2,1H3,(H,11,13). The Bertz CT molecular complexity index is 339. The molecular weight excluding hydrogens is 166 g/mol. The topological polar surface area (TPSA) is 46.2 Å². The van der Waals surface area contributed by atoms with E-state index in [1.54, 1.807) is 13.0 Å². The maximum atomic E-state index is 11.1. The minimum absolute atomic E-state index is 0.0643. The number of Topliss-reactive ketones (excluding diaryl/α,β-unsaturated/α-hetero) is 1. The van der Waals surface area contributed by atoms with Crippen molar-refractivity contribution in [3.05, 3.63) is 23.4 Å². The summed E-state index contributed by atoms with van der Waals surface area (Å²) in [6.07, 6.45) is 4.88. The summed E-state index contributed by atoms with van der Waals surface area (Å²) in [4.78, 5) is 22.1. The van der Waals surface area contributed by atoms with Gasteiger partial charge in [0, 0.05) is 18.0 Å². The van der Waals surface area contributed by atoms with Crippen LogP contribution < -0.4 is 5.32 Å². The van der Waals surface area contributed by atoms with Gasteiger partial charge in [0.2, 0.25) is 5.91 Å². The molecule has 1 aliphatic heterocycles. The smallest absolute Gasteiger partial charge is 0.224 e. The fourth-order valence-electron chi connectivity index (χ4n) is 1.79. The normalized spacial score (nSPS) is 25.9. The van der Waals surface area contributed by atoms with Gasteiger partial charge in [0.15, 0.2) is 5.78 Å². The van der Waals surface area contributed by atoms with Crippen molar-refractivity contribution in [2.75, 3.05) is 0 Å². The molecule has 1 amide bonds. The lowest BCUT2D eigenvalue weighted by molar-refractivity contribution is -0.119. The Morgan fingerprint density at radius 2 is 2.23 bits per heavy atom. The summed E-state index contributed by atoms with van der Waals surface area (Å²) in [7, 11) is 0. The summed E-state index contributed by atoms with van der Waals surface area (Å²) in [5.74, 6) is 0.389. The number of ketones is 1. The fourth-order valence-corrected chi connectivity index (χ4v) is 1.79.